The minimum atomic E-state index is -4.42. The molecule has 57 heavy (non-hydrogen) atoms. The van der Waals surface area contributed by atoms with E-state index >= 15 is 0 Å². The van der Waals surface area contributed by atoms with E-state index in [1.165, 1.54) is 19.3 Å². The van der Waals surface area contributed by atoms with Gasteiger partial charge in [-0.25, -0.2) is 4.57 Å². The van der Waals surface area contributed by atoms with Crippen LogP contribution in [0.1, 0.15) is 123 Å². The molecule has 1 unspecified atom stereocenters. The van der Waals surface area contributed by atoms with E-state index in [1.807, 2.05) is 57.6 Å². The molecule has 0 radical (unpaired) electrons. The Bertz CT molecular complexity index is 1310. The first-order valence-corrected chi connectivity index (χ1v) is 22.6. The highest BCUT2D eigenvalue weighted by Crippen LogP contribution is 2.43. The maximum atomic E-state index is 12.7. The summed E-state index contributed by atoms with van der Waals surface area (Å²) in [5.74, 6) is -0.965. The number of likely N-dealkylation sites (N-methyl/N-ethyl adjacent to an activating group) is 1. The zero-order valence-corrected chi connectivity index (χ0v) is 36.8. The van der Waals surface area contributed by atoms with Gasteiger partial charge in [0.05, 0.1) is 33.9 Å². The van der Waals surface area contributed by atoms with E-state index < -0.39 is 38.6 Å². The van der Waals surface area contributed by atoms with Gasteiger partial charge in [-0.2, -0.15) is 0 Å². The molecule has 324 valence electrons. The summed E-state index contributed by atoms with van der Waals surface area (Å²) in [5, 5.41) is 10.0. The Morgan fingerprint density at radius 1 is 0.649 bits per heavy atom. The third-order valence-electron chi connectivity index (χ3n) is 8.18. The maximum Gasteiger partial charge on any atom is 0.472 e. The minimum absolute atomic E-state index is 0.00209. The highest BCUT2D eigenvalue weighted by Gasteiger charge is 2.27. The van der Waals surface area contributed by atoms with E-state index in [9.17, 15) is 24.2 Å². The maximum absolute atomic E-state index is 12.7. The highest BCUT2D eigenvalue weighted by molar-refractivity contribution is 7.47. The molecular formula is C46H77NO9P+. The Labute approximate surface area is 346 Å². The molecule has 0 heterocycles. The number of phosphoric ester groups is 1. The molecule has 0 saturated carbocycles. The largest absolute Gasteiger partial charge is 0.472 e. The Morgan fingerprint density at radius 2 is 1.21 bits per heavy atom. The molecule has 11 heteroatoms. The van der Waals surface area contributed by atoms with E-state index in [2.05, 4.69) is 68.5 Å². The summed E-state index contributed by atoms with van der Waals surface area (Å²) in [6.07, 6.45) is 45.0. The molecule has 0 bridgehead atoms. The Balaban J connectivity index is 4.65. The van der Waals surface area contributed by atoms with Gasteiger partial charge in [-0.3, -0.25) is 18.6 Å². The van der Waals surface area contributed by atoms with Crippen LogP contribution in [-0.2, 0) is 32.7 Å². The molecular weight excluding hydrogens is 741 g/mol. The van der Waals surface area contributed by atoms with Gasteiger partial charge in [-0.1, -0.05) is 124 Å². The lowest BCUT2D eigenvalue weighted by Gasteiger charge is -2.24. The molecule has 0 aliphatic rings. The fourth-order valence-corrected chi connectivity index (χ4v) is 5.59. The number of hydrogen-bond acceptors (Lipinski definition) is 8. The monoisotopic (exact) mass is 819 g/mol. The molecule has 0 spiro atoms. The van der Waals surface area contributed by atoms with Crippen LogP contribution < -0.4 is 0 Å². The van der Waals surface area contributed by atoms with Crippen LogP contribution in [0.15, 0.2) is 97.2 Å². The van der Waals surface area contributed by atoms with Crippen LogP contribution in [0.2, 0.25) is 0 Å². The SMILES string of the molecule is CC/C=C\C/C=C\C/C=C\C/C=C\CCCCC(=O)OC[C@H](COP(=O)(O)OCC[N+](C)(C)C)OC(=O)CCC/C=C\C/C=C\C=C\[C@@H](O)C/C=C\CCCCC. The summed E-state index contributed by atoms with van der Waals surface area (Å²) < 4.78 is 34.1. The summed E-state index contributed by atoms with van der Waals surface area (Å²) in [7, 11) is 1.36. The van der Waals surface area contributed by atoms with E-state index in [-0.39, 0.29) is 26.1 Å². The molecule has 0 aromatic heterocycles. The fraction of sp³-hybridized carbons (Fsp3) is 0.609. The summed E-state index contributed by atoms with van der Waals surface area (Å²) in [6.45, 7) is 4.03. The number of carbonyl (C=O) groups excluding carboxylic acids is 2. The van der Waals surface area contributed by atoms with E-state index in [0.717, 1.165) is 51.4 Å². The van der Waals surface area contributed by atoms with Crippen LogP contribution in [0.5, 0.6) is 0 Å². The Kier molecular flexibility index (Phi) is 35.2. The zero-order chi connectivity index (χ0) is 42.3. The summed E-state index contributed by atoms with van der Waals surface area (Å²) in [4.78, 5) is 35.3. The van der Waals surface area contributed by atoms with Crippen molar-refractivity contribution in [2.45, 2.75) is 135 Å². The minimum Gasteiger partial charge on any atom is -0.462 e. The average Bonchev–Trinajstić information content (AvgIpc) is 3.15. The number of hydrogen-bond donors (Lipinski definition) is 2. The third kappa shape index (κ3) is 40.9. The zero-order valence-electron chi connectivity index (χ0n) is 35.9. The highest BCUT2D eigenvalue weighted by atomic mass is 31.2. The molecule has 0 saturated heterocycles. The molecule has 0 fully saturated rings. The van der Waals surface area contributed by atoms with Crippen molar-refractivity contribution in [3.05, 3.63) is 97.2 Å². The molecule has 3 atom stereocenters. The number of nitrogens with zero attached hydrogens (tertiary/aromatic N) is 1. The molecule has 0 rings (SSSR count). The van der Waals surface area contributed by atoms with Crippen LogP contribution in [0.25, 0.3) is 0 Å². The predicted molar refractivity (Wildman–Crippen MR) is 234 cm³/mol. The van der Waals surface area contributed by atoms with Crippen molar-refractivity contribution in [3.63, 3.8) is 0 Å². The van der Waals surface area contributed by atoms with Crippen LogP contribution in [0, 0.1) is 0 Å². The first kappa shape index (κ1) is 53.9. The quantitative estimate of drug-likeness (QED) is 0.0159. The van der Waals surface area contributed by atoms with Gasteiger partial charge in [0.2, 0.25) is 0 Å². The van der Waals surface area contributed by atoms with E-state index in [4.69, 9.17) is 18.5 Å². The third-order valence-corrected chi connectivity index (χ3v) is 9.16. The van der Waals surface area contributed by atoms with Gasteiger partial charge in [0.1, 0.15) is 19.8 Å². The number of carbonyl (C=O) groups is 2. The first-order chi connectivity index (χ1) is 27.4. The van der Waals surface area contributed by atoms with Crippen molar-refractivity contribution in [2.24, 2.45) is 0 Å². The number of aliphatic hydroxyl groups is 1. The topological polar surface area (TPSA) is 129 Å². The van der Waals surface area contributed by atoms with Crippen molar-refractivity contribution in [3.8, 4) is 0 Å². The second kappa shape index (κ2) is 37.2. The summed E-state index contributed by atoms with van der Waals surface area (Å²) in [6, 6.07) is 0. The second-order valence-electron chi connectivity index (χ2n) is 14.8. The Morgan fingerprint density at radius 3 is 1.84 bits per heavy atom. The summed E-state index contributed by atoms with van der Waals surface area (Å²) in [5.41, 5.74) is 0. The van der Waals surface area contributed by atoms with Crippen molar-refractivity contribution in [2.75, 3.05) is 47.5 Å². The van der Waals surface area contributed by atoms with E-state index in [1.54, 1.807) is 6.08 Å². The lowest BCUT2D eigenvalue weighted by atomic mass is 10.1. The number of aliphatic hydroxyl groups excluding tert-OH is 1. The molecule has 10 nitrogen and oxygen atoms in total. The van der Waals surface area contributed by atoms with Crippen LogP contribution in [0.4, 0.5) is 0 Å². The molecule has 0 amide bonds. The van der Waals surface area contributed by atoms with Crippen LogP contribution >= 0.6 is 7.82 Å². The number of phosphoric acid groups is 1. The number of quaternary nitrogens is 1. The number of ether oxygens (including phenoxy) is 2. The molecule has 0 aliphatic heterocycles. The van der Waals surface area contributed by atoms with Gasteiger partial charge in [-0.05, 0) is 83.5 Å². The number of unbranched alkanes of at least 4 members (excludes halogenated alkanes) is 6. The van der Waals surface area contributed by atoms with Gasteiger partial charge in [0, 0.05) is 12.8 Å². The first-order valence-electron chi connectivity index (χ1n) is 21.1. The number of rotatable bonds is 36. The molecule has 0 aromatic rings. The van der Waals surface area contributed by atoms with Crippen molar-refractivity contribution < 1.29 is 47.2 Å². The molecule has 2 N–H and O–H groups in total. The lowest BCUT2D eigenvalue weighted by Crippen LogP contribution is -2.37. The standard InChI is InChI=1S/C46H76NO9P/c1-6-8-10-12-14-15-16-17-18-19-20-21-25-29-33-37-45(49)53-41-44(42-55-57(51,52)54-40-39-47(3,4)5)56-46(50)38-34-30-26-23-22-24-28-32-36-43(48)35-31-27-13-11-9-7-2/h8,10,14-15,17-18,20-21,23-24,26-28,31-32,36,43-44,48H,6-7,9,11-13,16,19,22,25,29-30,33-35,37-42H2,1-5H3/p+1/b10-8-,15-14-,18-17-,21-20-,26-23-,28-24-,31-27-,36-32+/t43-,44+/m0/s1. The van der Waals surface area contributed by atoms with Crippen LogP contribution in [-0.4, -0.2) is 86.1 Å². The van der Waals surface area contributed by atoms with Crippen molar-refractivity contribution >= 4 is 19.8 Å². The van der Waals surface area contributed by atoms with Gasteiger partial charge in [-0.15, -0.1) is 0 Å². The predicted octanol–water partition coefficient (Wildman–Crippen LogP) is 10.8. The van der Waals surface area contributed by atoms with Crippen molar-refractivity contribution in [1.29, 1.82) is 0 Å². The van der Waals surface area contributed by atoms with Crippen LogP contribution in [0.3, 0.4) is 0 Å². The van der Waals surface area contributed by atoms with Gasteiger partial charge in [0.15, 0.2) is 6.10 Å². The smallest absolute Gasteiger partial charge is 0.462 e. The second-order valence-corrected chi connectivity index (χ2v) is 16.3. The van der Waals surface area contributed by atoms with E-state index in [0.29, 0.717) is 36.7 Å². The Hall–Kier alpha value is -3.11. The lowest BCUT2D eigenvalue weighted by molar-refractivity contribution is -0.870. The van der Waals surface area contributed by atoms with Crippen molar-refractivity contribution in [1.82, 2.24) is 0 Å². The fourth-order valence-electron chi connectivity index (χ4n) is 4.84. The van der Waals surface area contributed by atoms with Gasteiger partial charge in [0.25, 0.3) is 0 Å². The molecule has 0 aliphatic carbocycles. The molecule has 0 aromatic carbocycles. The average molecular weight is 819 g/mol. The van der Waals surface area contributed by atoms with Gasteiger partial charge < -0.3 is 24.0 Å². The summed E-state index contributed by atoms with van der Waals surface area (Å²) >= 11 is 0. The number of allylic oxidation sites excluding steroid dienone is 14. The normalized spacial score (nSPS) is 15.1. The van der Waals surface area contributed by atoms with Gasteiger partial charge >= 0.3 is 19.8 Å². The number of esters is 2.